The van der Waals surface area contributed by atoms with E-state index in [2.05, 4.69) is 9.47 Å². The van der Waals surface area contributed by atoms with E-state index in [9.17, 15) is 14.4 Å². The van der Waals surface area contributed by atoms with E-state index in [1.54, 1.807) is 20.8 Å². The van der Waals surface area contributed by atoms with Gasteiger partial charge < -0.3 is 14.2 Å². The summed E-state index contributed by atoms with van der Waals surface area (Å²) in [5.41, 5.74) is 0. The van der Waals surface area contributed by atoms with Crippen molar-refractivity contribution in [1.82, 2.24) is 0 Å². The second-order valence-corrected chi connectivity index (χ2v) is 3.36. The Kier molecular flexibility index (Phi) is 15.0. The lowest BCUT2D eigenvalue weighted by Gasteiger charge is -2.00. The van der Waals surface area contributed by atoms with E-state index in [0.29, 0.717) is 13.0 Å². The zero-order chi connectivity index (χ0) is 15.1. The summed E-state index contributed by atoms with van der Waals surface area (Å²) in [5.74, 6) is -1.18. The van der Waals surface area contributed by atoms with Gasteiger partial charge in [0, 0.05) is 6.42 Å². The van der Waals surface area contributed by atoms with Crippen LogP contribution in [0.25, 0.3) is 0 Å². The lowest BCUT2D eigenvalue weighted by atomic mass is 10.4. The predicted molar refractivity (Wildman–Crippen MR) is 69.4 cm³/mol. The molecular formula is C13H24O6. The average molecular weight is 276 g/mol. The van der Waals surface area contributed by atoms with Gasteiger partial charge in [0.25, 0.3) is 0 Å². The van der Waals surface area contributed by atoms with Crippen LogP contribution in [0, 0.1) is 0 Å². The summed E-state index contributed by atoms with van der Waals surface area (Å²) in [4.78, 5) is 31.6. The van der Waals surface area contributed by atoms with E-state index in [4.69, 9.17) is 4.74 Å². The van der Waals surface area contributed by atoms with Gasteiger partial charge in [0.05, 0.1) is 19.8 Å². The first kappa shape index (κ1) is 19.7. The average Bonchev–Trinajstić information content (AvgIpc) is 2.37. The zero-order valence-corrected chi connectivity index (χ0v) is 12.2. The molecule has 0 saturated heterocycles. The fraction of sp³-hybridized carbons (Fsp3) is 0.769. The molecule has 0 unspecified atom stereocenters. The van der Waals surface area contributed by atoms with E-state index in [1.807, 2.05) is 6.92 Å². The first-order valence-corrected chi connectivity index (χ1v) is 6.48. The number of carbonyl (C=O) groups is 3. The van der Waals surface area contributed by atoms with Crippen molar-refractivity contribution in [3.8, 4) is 0 Å². The van der Waals surface area contributed by atoms with Gasteiger partial charge in [-0.05, 0) is 20.3 Å². The van der Waals surface area contributed by atoms with Crippen LogP contribution in [-0.2, 0) is 28.6 Å². The topological polar surface area (TPSA) is 78.9 Å². The molecule has 0 radical (unpaired) electrons. The Morgan fingerprint density at radius 1 is 0.737 bits per heavy atom. The zero-order valence-electron chi connectivity index (χ0n) is 12.2. The van der Waals surface area contributed by atoms with Gasteiger partial charge >= 0.3 is 17.9 Å². The smallest absolute Gasteiger partial charge is 0.317 e. The quantitative estimate of drug-likeness (QED) is 0.401. The highest BCUT2D eigenvalue weighted by Crippen LogP contribution is 1.89. The summed E-state index contributed by atoms with van der Waals surface area (Å²) >= 11 is 0. The molecule has 112 valence electrons. The van der Waals surface area contributed by atoms with Crippen LogP contribution in [0.2, 0.25) is 0 Å². The maximum absolute atomic E-state index is 10.6. The van der Waals surface area contributed by atoms with Gasteiger partial charge in [0.2, 0.25) is 0 Å². The van der Waals surface area contributed by atoms with E-state index >= 15 is 0 Å². The minimum atomic E-state index is -0.536. The molecule has 0 aliphatic rings. The minimum absolute atomic E-state index is 0.105. The molecule has 0 aliphatic carbocycles. The minimum Gasteiger partial charge on any atom is -0.466 e. The molecule has 0 rings (SSSR count). The molecule has 0 aromatic carbocycles. The molecule has 0 aromatic heterocycles. The molecule has 0 aromatic rings. The van der Waals surface area contributed by atoms with Crippen LogP contribution in [-0.4, -0.2) is 37.7 Å². The molecule has 0 heterocycles. The molecule has 0 atom stereocenters. The Bertz CT molecular complexity index is 246. The highest BCUT2D eigenvalue weighted by molar-refractivity contribution is 5.91. The number of ether oxygens (including phenoxy) is 3. The maximum Gasteiger partial charge on any atom is 0.317 e. The number of esters is 3. The van der Waals surface area contributed by atoms with E-state index in [1.165, 1.54) is 0 Å². The van der Waals surface area contributed by atoms with Gasteiger partial charge in [-0.2, -0.15) is 0 Å². The summed E-state index contributed by atoms with van der Waals surface area (Å²) in [6.07, 6.45) is 1.10. The van der Waals surface area contributed by atoms with Crippen LogP contribution in [0.1, 0.15) is 47.0 Å². The molecule has 0 amide bonds. The van der Waals surface area contributed by atoms with Crippen LogP contribution < -0.4 is 0 Å². The third kappa shape index (κ3) is 16.4. The summed E-state index contributed by atoms with van der Waals surface area (Å²) in [6, 6.07) is 0. The van der Waals surface area contributed by atoms with Crippen LogP contribution in [0.5, 0.6) is 0 Å². The first-order chi connectivity index (χ1) is 9.01. The Morgan fingerprint density at radius 2 is 1.21 bits per heavy atom. The third-order valence-corrected chi connectivity index (χ3v) is 1.66. The van der Waals surface area contributed by atoms with Gasteiger partial charge in [0.1, 0.15) is 6.42 Å². The number of carbonyl (C=O) groups excluding carboxylic acids is 3. The molecule has 19 heavy (non-hydrogen) atoms. The van der Waals surface area contributed by atoms with Crippen LogP contribution >= 0.6 is 0 Å². The SMILES string of the molecule is CCCOC(=O)CC.CCOC(=O)CC(=O)OCC. The maximum atomic E-state index is 10.6. The van der Waals surface area contributed by atoms with Crippen LogP contribution in [0.15, 0.2) is 0 Å². The lowest BCUT2D eigenvalue weighted by molar-refractivity contribution is -0.154. The lowest BCUT2D eigenvalue weighted by Crippen LogP contribution is -2.13. The Labute approximate surface area is 114 Å². The summed E-state index contributed by atoms with van der Waals surface area (Å²) < 4.78 is 13.7. The second kappa shape index (κ2) is 14.5. The van der Waals surface area contributed by atoms with Gasteiger partial charge in [-0.15, -0.1) is 0 Å². The summed E-state index contributed by atoms with van der Waals surface area (Å²) in [6.45, 7) is 8.27. The van der Waals surface area contributed by atoms with E-state index in [0.717, 1.165) is 6.42 Å². The molecule has 6 heteroatoms. The molecule has 0 bridgehead atoms. The van der Waals surface area contributed by atoms with E-state index in [-0.39, 0.29) is 25.6 Å². The highest BCUT2D eigenvalue weighted by atomic mass is 16.6. The highest BCUT2D eigenvalue weighted by Gasteiger charge is 2.09. The van der Waals surface area contributed by atoms with Crippen molar-refractivity contribution in [3.63, 3.8) is 0 Å². The van der Waals surface area contributed by atoms with Crippen LogP contribution in [0.4, 0.5) is 0 Å². The van der Waals surface area contributed by atoms with Crippen LogP contribution in [0.3, 0.4) is 0 Å². The summed E-state index contributed by atoms with van der Waals surface area (Å²) in [7, 11) is 0. The standard InChI is InChI=1S/C7H12O4.C6H12O2/c1-3-10-6(8)5-7(9)11-4-2;1-3-5-8-6(7)4-2/h3-5H2,1-2H3;3-5H2,1-2H3. The van der Waals surface area contributed by atoms with Crippen molar-refractivity contribution in [2.75, 3.05) is 19.8 Å². The fourth-order valence-corrected chi connectivity index (χ4v) is 0.860. The normalized spacial score (nSPS) is 8.84. The molecule has 0 aliphatic heterocycles. The summed E-state index contributed by atoms with van der Waals surface area (Å²) in [5, 5.41) is 0. The number of rotatable bonds is 7. The monoisotopic (exact) mass is 276 g/mol. The number of hydrogen-bond donors (Lipinski definition) is 0. The Hall–Kier alpha value is -1.59. The molecular weight excluding hydrogens is 252 g/mol. The molecule has 0 saturated carbocycles. The van der Waals surface area contributed by atoms with Gasteiger partial charge in [-0.3, -0.25) is 14.4 Å². The van der Waals surface area contributed by atoms with E-state index < -0.39 is 11.9 Å². The number of hydrogen-bond acceptors (Lipinski definition) is 6. The second-order valence-electron chi connectivity index (χ2n) is 3.36. The molecule has 0 N–H and O–H groups in total. The van der Waals surface area contributed by atoms with Crippen molar-refractivity contribution < 1.29 is 28.6 Å². The van der Waals surface area contributed by atoms with Crippen molar-refractivity contribution in [2.24, 2.45) is 0 Å². The van der Waals surface area contributed by atoms with Crippen molar-refractivity contribution >= 4 is 17.9 Å². The molecule has 0 spiro atoms. The van der Waals surface area contributed by atoms with Crippen molar-refractivity contribution in [2.45, 2.75) is 47.0 Å². The third-order valence-electron chi connectivity index (χ3n) is 1.66. The van der Waals surface area contributed by atoms with Crippen molar-refractivity contribution in [3.05, 3.63) is 0 Å². The fourth-order valence-electron chi connectivity index (χ4n) is 0.860. The largest absolute Gasteiger partial charge is 0.466 e. The van der Waals surface area contributed by atoms with Gasteiger partial charge in [-0.1, -0.05) is 13.8 Å². The Balaban J connectivity index is 0. The molecule has 6 nitrogen and oxygen atoms in total. The predicted octanol–water partition coefficient (Wildman–Crippen LogP) is 1.85. The van der Waals surface area contributed by atoms with Gasteiger partial charge in [-0.25, -0.2) is 0 Å². The van der Waals surface area contributed by atoms with Gasteiger partial charge in [0.15, 0.2) is 0 Å². The first-order valence-electron chi connectivity index (χ1n) is 6.48. The molecule has 0 fully saturated rings. The Morgan fingerprint density at radius 3 is 1.53 bits per heavy atom. The van der Waals surface area contributed by atoms with Crippen molar-refractivity contribution in [1.29, 1.82) is 0 Å².